The van der Waals surface area contributed by atoms with Crippen LogP contribution in [0.25, 0.3) is 0 Å². The largest absolute Gasteiger partial charge is 0.486 e. The van der Waals surface area contributed by atoms with Crippen molar-refractivity contribution in [3.8, 4) is 11.5 Å². The molecule has 4 heteroatoms. The van der Waals surface area contributed by atoms with Crippen molar-refractivity contribution in [2.75, 3.05) is 20.2 Å². The second kappa shape index (κ2) is 7.40. The highest BCUT2D eigenvalue weighted by Crippen LogP contribution is 2.31. The lowest BCUT2D eigenvalue weighted by molar-refractivity contribution is -0.130. The third kappa shape index (κ3) is 3.69. The molecule has 1 atom stereocenters. The number of aryl methyl sites for hydroxylation is 2. The summed E-state index contributed by atoms with van der Waals surface area (Å²) in [6.45, 7) is 0.992. The molecule has 0 saturated carbocycles. The molecule has 0 aromatic heterocycles. The topological polar surface area (TPSA) is 38.8 Å². The molecule has 2 aromatic rings. The van der Waals surface area contributed by atoms with E-state index in [2.05, 4.69) is 18.2 Å². The first-order valence-electron chi connectivity index (χ1n) is 9.42. The van der Waals surface area contributed by atoms with Gasteiger partial charge in [-0.2, -0.15) is 0 Å². The lowest BCUT2D eigenvalue weighted by Gasteiger charge is -2.29. The van der Waals surface area contributed by atoms with Crippen LogP contribution in [0, 0.1) is 0 Å². The van der Waals surface area contributed by atoms with Crippen LogP contribution in [0.5, 0.6) is 11.5 Å². The maximum atomic E-state index is 12.6. The molecule has 0 bridgehead atoms. The number of fused-ring (bicyclic) bond motifs is 2. The summed E-state index contributed by atoms with van der Waals surface area (Å²) < 4.78 is 11.7. The van der Waals surface area contributed by atoms with E-state index in [1.165, 1.54) is 30.4 Å². The number of carbonyl (C=O) groups is 1. The van der Waals surface area contributed by atoms with Gasteiger partial charge in [-0.25, -0.2) is 0 Å². The zero-order valence-electron chi connectivity index (χ0n) is 15.2. The Labute approximate surface area is 154 Å². The fourth-order valence-electron chi connectivity index (χ4n) is 3.77. The summed E-state index contributed by atoms with van der Waals surface area (Å²) in [6, 6.07) is 14.2. The molecule has 26 heavy (non-hydrogen) atoms. The molecular formula is C22H25NO3. The van der Waals surface area contributed by atoms with Crippen LogP contribution in [-0.2, 0) is 24.1 Å². The highest BCUT2D eigenvalue weighted by molar-refractivity contribution is 5.78. The molecule has 0 spiro atoms. The van der Waals surface area contributed by atoms with Gasteiger partial charge in [-0.15, -0.1) is 0 Å². The van der Waals surface area contributed by atoms with Gasteiger partial charge in [-0.05, 0) is 54.5 Å². The van der Waals surface area contributed by atoms with Crippen LogP contribution in [0.1, 0.15) is 29.5 Å². The van der Waals surface area contributed by atoms with Gasteiger partial charge in [0.25, 0.3) is 0 Å². The summed E-state index contributed by atoms with van der Waals surface area (Å²) in [7, 11) is 1.84. The molecule has 4 rings (SSSR count). The fourth-order valence-corrected chi connectivity index (χ4v) is 3.77. The van der Waals surface area contributed by atoms with E-state index in [1.807, 2.05) is 31.3 Å². The van der Waals surface area contributed by atoms with Gasteiger partial charge in [0.1, 0.15) is 6.61 Å². The molecule has 0 radical (unpaired) electrons. The van der Waals surface area contributed by atoms with Crippen LogP contribution < -0.4 is 9.47 Å². The molecule has 0 saturated heterocycles. The zero-order chi connectivity index (χ0) is 17.9. The van der Waals surface area contributed by atoms with Gasteiger partial charge in [0.15, 0.2) is 17.6 Å². The van der Waals surface area contributed by atoms with Crippen LogP contribution >= 0.6 is 0 Å². The van der Waals surface area contributed by atoms with Crippen LogP contribution in [0.15, 0.2) is 42.5 Å². The lowest BCUT2D eigenvalue weighted by atomic mass is 9.90. The number of likely N-dealkylation sites (N-methyl/N-ethyl adjacent to an activating group) is 1. The van der Waals surface area contributed by atoms with Crippen molar-refractivity contribution < 1.29 is 14.3 Å². The van der Waals surface area contributed by atoms with Gasteiger partial charge in [0.2, 0.25) is 5.91 Å². The zero-order valence-corrected chi connectivity index (χ0v) is 15.2. The van der Waals surface area contributed by atoms with Gasteiger partial charge in [-0.3, -0.25) is 4.79 Å². The Balaban J connectivity index is 1.35. The summed E-state index contributed by atoms with van der Waals surface area (Å²) >= 11 is 0. The van der Waals surface area contributed by atoms with E-state index in [4.69, 9.17) is 9.47 Å². The number of hydrogen-bond acceptors (Lipinski definition) is 3. The number of ether oxygens (including phenoxy) is 2. The first-order chi connectivity index (χ1) is 12.7. The predicted octanol–water partition coefficient (Wildman–Crippen LogP) is 3.41. The fraction of sp³-hybridized carbons (Fsp3) is 0.409. The second-order valence-corrected chi connectivity index (χ2v) is 7.26. The van der Waals surface area contributed by atoms with E-state index < -0.39 is 0 Å². The van der Waals surface area contributed by atoms with Crippen molar-refractivity contribution in [1.82, 2.24) is 4.90 Å². The standard InChI is InChI=1S/C22H25NO3/c1-23(14-19-15-25-20-8-4-5-9-21(20)26-19)22(24)13-16-10-11-17-6-2-3-7-18(17)12-16/h4-5,8-12,19H,2-3,6-7,13-15H2,1H3/t19-/m0/s1. The molecule has 2 aliphatic rings. The van der Waals surface area contributed by atoms with E-state index in [0.717, 1.165) is 23.5 Å². The summed E-state index contributed by atoms with van der Waals surface area (Å²) in [5.74, 6) is 1.63. The third-order valence-corrected chi connectivity index (χ3v) is 5.24. The molecule has 0 unspecified atom stereocenters. The number of hydrogen-bond donors (Lipinski definition) is 0. The summed E-state index contributed by atoms with van der Waals surface area (Å²) in [6.07, 6.45) is 5.14. The van der Waals surface area contributed by atoms with Crippen molar-refractivity contribution in [3.05, 3.63) is 59.2 Å². The van der Waals surface area contributed by atoms with E-state index in [9.17, 15) is 4.79 Å². The minimum Gasteiger partial charge on any atom is -0.486 e. The van der Waals surface area contributed by atoms with Crippen molar-refractivity contribution in [2.24, 2.45) is 0 Å². The minimum absolute atomic E-state index is 0.114. The maximum absolute atomic E-state index is 12.6. The quantitative estimate of drug-likeness (QED) is 0.847. The Bertz CT molecular complexity index is 802. The summed E-state index contributed by atoms with van der Waals surface area (Å²) in [5.41, 5.74) is 3.98. The normalized spacial score (nSPS) is 18.1. The van der Waals surface area contributed by atoms with Crippen molar-refractivity contribution in [3.63, 3.8) is 0 Å². The maximum Gasteiger partial charge on any atom is 0.226 e. The van der Waals surface area contributed by atoms with Gasteiger partial charge < -0.3 is 14.4 Å². The SMILES string of the molecule is CN(C[C@H]1COc2ccccc2O1)C(=O)Cc1ccc2c(c1)CCCC2. The van der Waals surface area contributed by atoms with Gasteiger partial charge in [0, 0.05) is 7.05 Å². The third-order valence-electron chi connectivity index (χ3n) is 5.24. The molecule has 1 aliphatic carbocycles. The van der Waals surface area contributed by atoms with E-state index in [1.54, 1.807) is 4.90 Å². The Morgan fingerprint density at radius 2 is 1.85 bits per heavy atom. The number of benzene rings is 2. The summed E-state index contributed by atoms with van der Waals surface area (Å²) in [4.78, 5) is 14.4. The first-order valence-corrected chi connectivity index (χ1v) is 9.42. The van der Waals surface area contributed by atoms with Gasteiger partial charge >= 0.3 is 0 Å². The molecule has 2 aromatic carbocycles. The lowest BCUT2D eigenvalue weighted by Crippen LogP contribution is -2.42. The van der Waals surface area contributed by atoms with Crippen LogP contribution in [0.3, 0.4) is 0 Å². The number of rotatable bonds is 4. The Morgan fingerprint density at radius 3 is 2.69 bits per heavy atom. The van der Waals surface area contributed by atoms with Gasteiger partial charge in [-0.1, -0.05) is 30.3 Å². The average molecular weight is 351 g/mol. The van der Waals surface area contributed by atoms with E-state index in [-0.39, 0.29) is 12.0 Å². The van der Waals surface area contributed by atoms with Crippen LogP contribution in [0.2, 0.25) is 0 Å². The highest BCUT2D eigenvalue weighted by Gasteiger charge is 2.24. The molecule has 0 fully saturated rings. The molecule has 4 nitrogen and oxygen atoms in total. The van der Waals surface area contributed by atoms with Gasteiger partial charge in [0.05, 0.1) is 13.0 Å². The molecule has 0 N–H and O–H groups in total. The number of nitrogens with zero attached hydrogens (tertiary/aromatic N) is 1. The van der Waals surface area contributed by atoms with Crippen molar-refractivity contribution >= 4 is 5.91 Å². The number of para-hydroxylation sites is 2. The van der Waals surface area contributed by atoms with Crippen molar-refractivity contribution in [2.45, 2.75) is 38.2 Å². The highest BCUT2D eigenvalue weighted by atomic mass is 16.6. The summed E-state index contributed by atoms with van der Waals surface area (Å²) in [5, 5.41) is 0. The first kappa shape index (κ1) is 17.0. The Morgan fingerprint density at radius 1 is 1.08 bits per heavy atom. The average Bonchev–Trinajstić information content (AvgIpc) is 2.67. The smallest absolute Gasteiger partial charge is 0.226 e. The van der Waals surface area contributed by atoms with Crippen molar-refractivity contribution in [1.29, 1.82) is 0 Å². The predicted molar refractivity (Wildman–Crippen MR) is 101 cm³/mol. The van der Waals surface area contributed by atoms with Crippen LogP contribution in [-0.4, -0.2) is 37.1 Å². The Hall–Kier alpha value is -2.49. The molecule has 136 valence electrons. The molecular weight excluding hydrogens is 326 g/mol. The molecule has 1 aliphatic heterocycles. The monoisotopic (exact) mass is 351 g/mol. The Kier molecular flexibility index (Phi) is 4.83. The second-order valence-electron chi connectivity index (χ2n) is 7.26. The minimum atomic E-state index is -0.137. The number of carbonyl (C=O) groups excluding carboxylic acids is 1. The van der Waals surface area contributed by atoms with E-state index >= 15 is 0 Å². The van der Waals surface area contributed by atoms with Crippen LogP contribution in [0.4, 0.5) is 0 Å². The molecule has 1 amide bonds. The number of amides is 1. The van der Waals surface area contributed by atoms with E-state index in [0.29, 0.717) is 19.6 Å². The molecule has 1 heterocycles.